The van der Waals surface area contributed by atoms with Crippen LogP contribution in [-0.2, 0) is 4.79 Å². The number of carboxylic acids is 1. The van der Waals surface area contributed by atoms with Crippen molar-refractivity contribution in [1.82, 2.24) is 9.80 Å². The van der Waals surface area contributed by atoms with Crippen LogP contribution in [0.15, 0.2) is 0 Å². The number of carbonyl (C=O) groups is 2. The molecule has 1 aliphatic heterocycles. The molecular weight excluding hydrogens is 232 g/mol. The molecule has 1 saturated heterocycles. The lowest BCUT2D eigenvalue weighted by atomic mass is 9.78. The summed E-state index contributed by atoms with van der Waals surface area (Å²) in [4.78, 5) is 27.0. The van der Waals surface area contributed by atoms with Crippen LogP contribution in [-0.4, -0.2) is 53.6 Å². The van der Waals surface area contributed by atoms with Gasteiger partial charge in [-0.15, -0.1) is 0 Å². The molecular formula is C13H24N2O3. The Morgan fingerprint density at radius 1 is 1.39 bits per heavy atom. The van der Waals surface area contributed by atoms with Crippen molar-refractivity contribution < 1.29 is 14.7 Å². The second kappa shape index (κ2) is 6.07. The van der Waals surface area contributed by atoms with Gasteiger partial charge in [-0.3, -0.25) is 4.79 Å². The fourth-order valence-corrected chi connectivity index (χ4v) is 2.58. The van der Waals surface area contributed by atoms with Crippen molar-refractivity contribution in [3.8, 4) is 0 Å². The van der Waals surface area contributed by atoms with Gasteiger partial charge in [0, 0.05) is 26.7 Å². The number of amides is 2. The topological polar surface area (TPSA) is 60.9 Å². The van der Waals surface area contributed by atoms with Crippen LogP contribution in [0.2, 0.25) is 0 Å². The van der Waals surface area contributed by atoms with E-state index < -0.39 is 11.4 Å². The van der Waals surface area contributed by atoms with Gasteiger partial charge in [0.1, 0.15) is 0 Å². The highest BCUT2D eigenvalue weighted by Gasteiger charge is 2.42. The first kappa shape index (κ1) is 14.8. The van der Waals surface area contributed by atoms with Gasteiger partial charge in [0.25, 0.3) is 0 Å². The molecule has 1 rings (SSSR count). The Labute approximate surface area is 109 Å². The second-order valence-electron chi connectivity index (χ2n) is 5.17. The SMILES string of the molecule is CCCN(C)C(=O)N1CCCC(CC)(C(=O)O)C1. The predicted molar refractivity (Wildman–Crippen MR) is 69.5 cm³/mol. The summed E-state index contributed by atoms with van der Waals surface area (Å²) in [5.41, 5.74) is -0.749. The van der Waals surface area contributed by atoms with Crippen molar-refractivity contribution >= 4 is 12.0 Å². The van der Waals surface area contributed by atoms with Gasteiger partial charge in [0.05, 0.1) is 5.41 Å². The molecule has 1 heterocycles. The average Bonchev–Trinajstić information content (AvgIpc) is 2.37. The van der Waals surface area contributed by atoms with Crippen molar-refractivity contribution in [2.45, 2.75) is 39.5 Å². The molecule has 1 fully saturated rings. The molecule has 0 spiro atoms. The number of hydrogen-bond donors (Lipinski definition) is 1. The smallest absolute Gasteiger partial charge is 0.319 e. The van der Waals surface area contributed by atoms with E-state index in [-0.39, 0.29) is 6.03 Å². The van der Waals surface area contributed by atoms with Crippen LogP contribution < -0.4 is 0 Å². The van der Waals surface area contributed by atoms with Crippen LogP contribution >= 0.6 is 0 Å². The van der Waals surface area contributed by atoms with Crippen molar-refractivity contribution in [2.75, 3.05) is 26.7 Å². The van der Waals surface area contributed by atoms with Gasteiger partial charge < -0.3 is 14.9 Å². The number of carbonyl (C=O) groups excluding carboxylic acids is 1. The van der Waals surface area contributed by atoms with Crippen LogP contribution in [0.5, 0.6) is 0 Å². The highest BCUT2D eigenvalue weighted by atomic mass is 16.4. The van der Waals surface area contributed by atoms with Gasteiger partial charge >= 0.3 is 12.0 Å². The highest BCUT2D eigenvalue weighted by Crippen LogP contribution is 2.33. The Morgan fingerprint density at radius 2 is 2.06 bits per heavy atom. The van der Waals surface area contributed by atoms with Gasteiger partial charge in [-0.2, -0.15) is 0 Å². The zero-order valence-electron chi connectivity index (χ0n) is 11.6. The maximum atomic E-state index is 12.2. The quantitative estimate of drug-likeness (QED) is 0.837. The maximum absolute atomic E-state index is 12.2. The highest BCUT2D eigenvalue weighted by molar-refractivity contribution is 5.78. The molecule has 0 aromatic rings. The Kier molecular flexibility index (Phi) is 4.99. The van der Waals surface area contributed by atoms with Crippen molar-refractivity contribution in [3.05, 3.63) is 0 Å². The number of rotatable bonds is 4. The zero-order valence-corrected chi connectivity index (χ0v) is 11.6. The Hall–Kier alpha value is -1.26. The zero-order chi connectivity index (χ0) is 13.8. The summed E-state index contributed by atoms with van der Waals surface area (Å²) >= 11 is 0. The number of urea groups is 1. The van der Waals surface area contributed by atoms with E-state index in [0.29, 0.717) is 32.5 Å². The summed E-state index contributed by atoms with van der Waals surface area (Å²) in [5, 5.41) is 9.38. The molecule has 2 amide bonds. The third-order valence-electron chi connectivity index (χ3n) is 3.86. The normalized spacial score (nSPS) is 23.8. The molecule has 0 bridgehead atoms. The Balaban J connectivity index is 2.74. The first-order valence-corrected chi connectivity index (χ1v) is 6.70. The summed E-state index contributed by atoms with van der Waals surface area (Å²) in [6.07, 6.45) is 2.92. The minimum Gasteiger partial charge on any atom is -0.481 e. The number of nitrogens with zero attached hydrogens (tertiary/aromatic N) is 2. The van der Waals surface area contributed by atoms with Crippen molar-refractivity contribution in [3.63, 3.8) is 0 Å². The summed E-state index contributed by atoms with van der Waals surface area (Å²) in [5.74, 6) is -0.777. The van der Waals surface area contributed by atoms with Gasteiger partial charge in [0.15, 0.2) is 0 Å². The van der Waals surface area contributed by atoms with Crippen LogP contribution in [0.25, 0.3) is 0 Å². The summed E-state index contributed by atoms with van der Waals surface area (Å²) in [6, 6.07) is -0.0457. The maximum Gasteiger partial charge on any atom is 0.319 e. The summed E-state index contributed by atoms with van der Waals surface area (Å²) in [7, 11) is 1.77. The Bertz CT molecular complexity index is 319. The summed E-state index contributed by atoms with van der Waals surface area (Å²) < 4.78 is 0. The second-order valence-corrected chi connectivity index (χ2v) is 5.17. The first-order valence-electron chi connectivity index (χ1n) is 6.70. The number of likely N-dealkylation sites (tertiary alicyclic amines) is 1. The van der Waals surface area contributed by atoms with Crippen molar-refractivity contribution in [1.29, 1.82) is 0 Å². The van der Waals surface area contributed by atoms with Gasteiger partial charge in [-0.1, -0.05) is 13.8 Å². The Morgan fingerprint density at radius 3 is 2.56 bits per heavy atom. The largest absolute Gasteiger partial charge is 0.481 e. The predicted octanol–water partition coefficient (Wildman–Crippen LogP) is 2.03. The minimum atomic E-state index is -0.777. The first-order chi connectivity index (χ1) is 8.46. The monoisotopic (exact) mass is 256 g/mol. The molecule has 1 unspecified atom stereocenters. The molecule has 1 aliphatic rings. The van der Waals surface area contributed by atoms with E-state index >= 15 is 0 Å². The average molecular weight is 256 g/mol. The third kappa shape index (κ3) is 2.94. The van der Waals surface area contributed by atoms with Gasteiger partial charge in [0.2, 0.25) is 0 Å². The van der Waals surface area contributed by atoms with E-state index in [1.54, 1.807) is 16.8 Å². The van der Waals surface area contributed by atoms with E-state index in [0.717, 1.165) is 12.8 Å². The van der Waals surface area contributed by atoms with Crippen molar-refractivity contribution in [2.24, 2.45) is 5.41 Å². The minimum absolute atomic E-state index is 0.0457. The number of piperidine rings is 1. The molecule has 0 saturated carbocycles. The van der Waals surface area contributed by atoms with Crippen LogP contribution in [0.1, 0.15) is 39.5 Å². The van der Waals surface area contributed by atoms with E-state index in [1.807, 2.05) is 13.8 Å². The standard InChI is InChI=1S/C13H24N2O3/c1-4-8-14(3)12(18)15-9-6-7-13(5-2,10-15)11(16)17/h4-10H2,1-3H3,(H,16,17). The number of hydrogen-bond acceptors (Lipinski definition) is 2. The summed E-state index contributed by atoms with van der Waals surface area (Å²) in [6.45, 7) is 5.63. The molecule has 1 N–H and O–H groups in total. The lowest BCUT2D eigenvalue weighted by molar-refractivity contribution is -0.152. The molecule has 0 aromatic heterocycles. The molecule has 104 valence electrons. The van der Waals surface area contributed by atoms with Crippen LogP contribution in [0.3, 0.4) is 0 Å². The van der Waals surface area contributed by atoms with E-state index in [4.69, 9.17) is 0 Å². The molecule has 18 heavy (non-hydrogen) atoms. The van der Waals surface area contributed by atoms with Crippen LogP contribution in [0, 0.1) is 5.41 Å². The molecule has 0 radical (unpaired) electrons. The molecule has 1 atom stereocenters. The van der Waals surface area contributed by atoms with Crippen LogP contribution in [0.4, 0.5) is 4.79 Å². The lowest BCUT2D eigenvalue weighted by Crippen LogP contribution is -2.52. The fraction of sp³-hybridized carbons (Fsp3) is 0.846. The van der Waals surface area contributed by atoms with E-state index in [1.165, 1.54) is 0 Å². The lowest BCUT2D eigenvalue weighted by Gasteiger charge is -2.40. The molecule has 0 aromatic carbocycles. The van der Waals surface area contributed by atoms with E-state index in [9.17, 15) is 14.7 Å². The third-order valence-corrected chi connectivity index (χ3v) is 3.86. The van der Waals surface area contributed by atoms with E-state index in [2.05, 4.69) is 0 Å². The fourth-order valence-electron chi connectivity index (χ4n) is 2.58. The number of carboxylic acid groups (broad SMARTS) is 1. The molecule has 5 nitrogen and oxygen atoms in total. The van der Waals surface area contributed by atoms with Gasteiger partial charge in [-0.05, 0) is 25.7 Å². The number of aliphatic carboxylic acids is 1. The molecule has 0 aliphatic carbocycles. The van der Waals surface area contributed by atoms with Gasteiger partial charge in [-0.25, -0.2) is 4.79 Å². The molecule has 5 heteroatoms.